The maximum Gasteiger partial charge on any atom is 0.373 e. The summed E-state index contributed by atoms with van der Waals surface area (Å²) in [5.74, 6) is 0.806. The Labute approximate surface area is 150 Å². The largest absolute Gasteiger partial charge is 0.434 e. The topological polar surface area (TPSA) is 103 Å². The third-order valence-corrected chi connectivity index (χ3v) is 3.52. The number of pyridine rings is 1. The maximum absolute atomic E-state index is 11.6. The van der Waals surface area contributed by atoms with Crippen LogP contribution in [0.1, 0.15) is 16.8 Å². The van der Waals surface area contributed by atoms with Gasteiger partial charge in [0.05, 0.1) is 4.92 Å². The van der Waals surface area contributed by atoms with Crippen LogP contribution in [0.4, 0.5) is 17.3 Å². The number of hydrogen-bond acceptors (Lipinski definition) is 7. The lowest BCUT2D eigenvalue weighted by Gasteiger charge is -2.10. The van der Waals surface area contributed by atoms with Gasteiger partial charge < -0.3 is 10.1 Å². The van der Waals surface area contributed by atoms with Crippen LogP contribution in [-0.4, -0.2) is 19.9 Å². The molecule has 3 rings (SSSR count). The van der Waals surface area contributed by atoms with E-state index >= 15 is 0 Å². The van der Waals surface area contributed by atoms with Gasteiger partial charge in [0.15, 0.2) is 0 Å². The number of anilines is 2. The Kier molecular flexibility index (Phi) is 4.74. The highest BCUT2D eigenvalue weighted by atomic mass is 16.6. The molecular weight excluding hydrogens is 334 g/mol. The second-order valence-corrected chi connectivity index (χ2v) is 5.85. The first-order valence-electron chi connectivity index (χ1n) is 7.88. The van der Waals surface area contributed by atoms with E-state index in [0.29, 0.717) is 11.6 Å². The van der Waals surface area contributed by atoms with Crippen molar-refractivity contribution in [3.8, 4) is 11.6 Å². The molecule has 1 aromatic carbocycles. The van der Waals surface area contributed by atoms with Crippen molar-refractivity contribution < 1.29 is 9.66 Å². The molecule has 0 unspecified atom stereocenters. The van der Waals surface area contributed by atoms with E-state index in [1.807, 2.05) is 32.9 Å². The molecule has 0 spiro atoms. The van der Waals surface area contributed by atoms with Gasteiger partial charge in [0.1, 0.15) is 17.9 Å². The zero-order chi connectivity index (χ0) is 18.7. The van der Waals surface area contributed by atoms with Gasteiger partial charge in [0.25, 0.3) is 0 Å². The Morgan fingerprint density at radius 2 is 1.81 bits per heavy atom. The fourth-order valence-electron chi connectivity index (χ4n) is 2.53. The second-order valence-electron chi connectivity index (χ2n) is 5.85. The predicted molar refractivity (Wildman–Crippen MR) is 96.9 cm³/mol. The minimum Gasteiger partial charge on any atom is -0.434 e. The fourth-order valence-corrected chi connectivity index (χ4v) is 2.53. The summed E-state index contributed by atoms with van der Waals surface area (Å²) in [4.78, 5) is 23.2. The molecule has 0 fully saturated rings. The van der Waals surface area contributed by atoms with Crippen LogP contribution in [0.25, 0.3) is 0 Å². The standard InChI is InChI=1S/C18H17N5O3/c1-11-7-12(2)9-14(8-11)26-18-16(23(24)25)17(19-10-20-18)22-15-6-4-5-13(3)21-15/h4-10H,1-3H3,(H,19,20,21,22). The second kappa shape index (κ2) is 7.14. The molecule has 8 nitrogen and oxygen atoms in total. The van der Waals surface area contributed by atoms with Crippen LogP contribution < -0.4 is 10.1 Å². The number of aromatic nitrogens is 3. The number of benzene rings is 1. The van der Waals surface area contributed by atoms with Gasteiger partial charge in [-0.3, -0.25) is 10.1 Å². The molecular formula is C18H17N5O3. The van der Waals surface area contributed by atoms with Crippen LogP contribution in [0.2, 0.25) is 0 Å². The van der Waals surface area contributed by atoms with Crippen molar-refractivity contribution in [1.82, 2.24) is 15.0 Å². The minimum absolute atomic E-state index is 0.0162. The molecule has 0 bridgehead atoms. The van der Waals surface area contributed by atoms with Crippen LogP contribution in [-0.2, 0) is 0 Å². The van der Waals surface area contributed by atoms with E-state index in [9.17, 15) is 10.1 Å². The van der Waals surface area contributed by atoms with E-state index in [2.05, 4.69) is 20.3 Å². The van der Waals surface area contributed by atoms with Gasteiger partial charge in [-0.1, -0.05) is 12.1 Å². The molecule has 0 aliphatic heterocycles. The summed E-state index contributed by atoms with van der Waals surface area (Å²) in [6, 6.07) is 10.9. The van der Waals surface area contributed by atoms with Crippen molar-refractivity contribution in [3.63, 3.8) is 0 Å². The van der Waals surface area contributed by atoms with Gasteiger partial charge in [-0.15, -0.1) is 0 Å². The van der Waals surface area contributed by atoms with E-state index in [0.717, 1.165) is 16.8 Å². The number of nitrogens with zero attached hydrogens (tertiary/aromatic N) is 4. The molecule has 26 heavy (non-hydrogen) atoms. The van der Waals surface area contributed by atoms with E-state index in [4.69, 9.17) is 4.74 Å². The lowest BCUT2D eigenvalue weighted by atomic mass is 10.1. The van der Waals surface area contributed by atoms with Gasteiger partial charge in [-0.25, -0.2) is 9.97 Å². The molecule has 0 aliphatic rings. The van der Waals surface area contributed by atoms with Crippen molar-refractivity contribution in [2.24, 2.45) is 0 Å². The lowest BCUT2D eigenvalue weighted by molar-refractivity contribution is -0.385. The molecule has 0 radical (unpaired) electrons. The summed E-state index contributed by atoms with van der Waals surface area (Å²) < 4.78 is 5.68. The van der Waals surface area contributed by atoms with Crippen LogP contribution in [0, 0.1) is 30.9 Å². The van der Waals surface area contributed by atoms with Crippen LogP contribution >= 0.6 is 0 Å². The van der Waals surface area contributed by atoms with Gasteiger partial charge in [-0.05, 0) is 56.2 Å². The molecule has 0 saturated carbocycles. The van der Waals surface area contributed by atoms with Crippen LogP contribution in [0.15, 0.2) is 42.7 Å². The summed E-state index contributed by atoms with van der Waals surface area (Å²) in [5.41, 5.74) is 2.39. The Morgan fingerprint density at radius 3 is 2.46 bits per heavy atom. The van der Waals surface area contributed by atoms with Crippen LogP contribution in [0.5, 0.6) is 11.6 Å². The van der Waals surface area contributed by atoms with Crippen molar-refractivity contribution in [1.29, 1.82) is 0 Å². The normalized spacial score (nSPS) is 10.4. The van der Waals surface area contributed by atoms with E-state index in [1.165, 1.54) is 6.33 Å². The highest BCUT2D eigenvalue weighted by Gasteiger charge is 2.25. The monoisotopic (exact) mass is 351 g/mol. The number of nitrogens with one attached hydrogen (secondary N) is 1. The number of aryl methyl sites for hydroxylation is 3. The average Bonchev–Trinajstić information content (AvgIpc) is 2.53. The zero-order valence-electron chi connectivity index (χ0n) is 14.6. The fraction of sp³-hybridized carbons (Fsp3) is 0.167. The first-order chi connectivity index (χ1) is 12.4. The Bertz CT molecular complexity index is 955. The molecule has 2 heterocycles. The molecule has 0 atom stereocenters. The predicted octanol–water partition coefficient (Wildman–Crippen LogP) is 4.24. The number of hydrogen-bond donors (Lipinski definition) is 1. The first-order valence-corrected chi connectivity index (χ1v) is 7.88. The highest BCUT2D eigenvalue weighted by Crippen LogP contribution is 2.35. The lowest BCUT2D eigenvalue weighted by Crippen LogP contribution is -2.04. The number of ether oxygens (including phenoxy) is 1. The van der Waals surface area contributed by atoms with Crippen molar-refractivity contribution in [2.45, 2.75) is 20.8 Å². The number of nitro groups is 1. The van der Waals surface area contributed by atoms with E-state index in [1.54, 1.807) is 24.3 Å². The van der Waals surface area contributed by atoms with Gasteiger partial charge >= 0.3 is 11.6 Å². The quantitative estimate of drug-likeness (QED) is 0.541. The summed E-state index contributed by atoms with van der Waals surface area (Å²) in [5, 5.41) is 14.5. The number of rotatable bonds is 5. The SMILES string of the molecule is Cc1cc(C)cc(Oc2ncnc(Nc3cccc(C)n3)c2[N+](=O)[O-])c1. The third kappa shape index (κ3) is 3.92. The van der Waals surface area contributed by atoms with Gasteiger partial charge in [-0.2, -0.15) is 4.98 Å². The van der Waals surface area contributed by atoms with E-state index < -0.39 is 4.92 Å². The minimum atomic E-state index is -0.573. The average molecular weight is 351 g/mol. The molecule has 2 aromatic heterocycles. The van der Waals surface area contributed by atoms with Crippen molar-refractivity contribution in [2.75, 3.05) is 5.32 Å². The van der Waals surface area contributed by atoms with Crippen LogP contribution in [0.3, 0.4) is 0 Å². The molecule has 0 saturated heterocycles. The molecule has 132 valence electrons. The molecule has 0 amide bonds. The van der Waals surface area contributed by atoms with Crippen molar-refractivity contribution >= 4 is 17.3 Å². The van der Waals surface area contributed by atoms with Crippen molar-refractivity contribution in [3.05, 3.63) is 69.7 Å². The molecule has 3 aromatic rings. The summed E-state index contributed by atoms with van der Waals surface area (Å²) in [6.07, 6.45) is 1.21. The summed E-state index contributed by atoms with van der Waals surface area (Å²) in [6.45, 7) is 5.67. The smallest absolute Gasteiger partial charge is 0.373 e. The van der Waals surface area contributed by atoms with E-state index in [-0.39, 0.29) is 17.4 Å². The molecule has 1 N–H and O–H groups in total. The molecule has 8 heteroatoms. The first kappa shape index (κ1) is 17.3. The maximum atomic E-state index is 11.6. The Hall–Kier alpha value is -3.55. The van der Waals surface area contributed by atoms with Gasteiger partial charge in [0, 0.05) is 5.69 Å². The highest BCUT2D eigenvalue weighted by molar-refractivity contribution is 5.67. The Balaban J connectivity index is 1.99. The zero-order valence-corrected chi connectivity index (χ0v) is 14.6. The van der Waals surface area contributed by atoms with Gasteiger partial charge in [0.2, 0.25) is 5.82 Å². The summed E-state index contributed by atoms with van der Waals surface area (Å²) >= 11 is 0. The summed E-state index contributed by atoms with van der Waals surface area (Å²) in [7, 11) is 0. The Morgan fingerprint density at radius 1 is 1.08 bits per heavy atom. The third-order valence-electron chi connectivity index (χ3n) is 3.52. The molecule has 0 aliphatic carbocycles.